The Morgan fingerprint density at radius 2 is 1.25 bits per heavy atom. The van der Waals surface area contributed by atoms with Crippen molar-refractivity contribution in [1.82, 2.24) is 5.32 Å². The second-order valence-electron chi connectivity index (χ2n) is 16.2. The first-order chi connectivity index (χ1) is 30.0. The molecule has 1 amide bonds. The van der Waals surface area contributed by atoms with E-state index < -0.39 is 204 Å². The highest BCUT2D eigenvalue weighted by Crippen LogP contribution is 2.40. The van der Waals surface area contributed by atoms with Crippen LogP contribution in [-0.2, 0) is 52.2 Å². The third-order valence-electron chi connectivity index (χ3n) is 11.7. The lowest BCUT2D eigenvalue weighted by Crippen LogP contribution is -2.72. The Morgan fingerprint density at radius 1 is 0.688 bits per heavy atom. The van der Waals surface area contributed by atoms with Crippen LogP contribution in [-0.4, -0.2) is 279 Å². The number of aliphatic carboxylic acids is 1. The summed E-state index contributed by atoms with van der Waals surface area (Å²) < 4.78 is 51.4. The van der Waals surface area contributed by atoms with Gasteiger partial charge in [0.05, 0.1) is 50.7 Å². The Hall–Kier alpha value is -2.06. The predicted octanol–water partition coefficient (Wildman–Crippen LogP) is -11.6. The molecule has 19 N–H and O–H groups in total. The fourth-order valence-electron chi connectivity index (χ4n) is 8.13. The van der Waals surface area contributed by atoms with Gasteiger partial charge >= 0.3 is 5.97 Å². The molecule has 0 saturated carbocycles. The molecular formula is C35H60N2O27. The number of nitrogens with one attached hydrogen (secondary N) is 1. The molecule has 5 fully saturated rings. The van der Waals surface area contributed by atoms with Crippen molar-refractivity contribution in [2.45, 2.75) is 179 Å². The molecule has 0 spiro atoms. The van der Waals surface area contributed by atoms with Crippen molar-refractivity contribution in [2.75, 3.05) is 26.4 Å². The summed E-state index contributed by atoms with van der Waals surface area (Å²) in [5.41, 5.74) is 6.46. The van der Waals surface area contributed by atoms with Crippen LogP contribution in [0.1, 0.15) is 20.3 Å². The first kappa shape index (κ1) is 52.9. The quantitative estimate of drug-likeness (QED) is 0.0683. The molecular weight excluding hydrogens is 880 g/mol. The molecule has 0 unspecified atom stereocenters. The van der Waals surface area contributed by atoms with Crippen LogP contribution in [0, 0.1) is 0 Å². The number of aliphatic hydroxyl groups is 15. The molecule has 26 atom stereocenters. The number of rotatable bonds is 16. The predicted molar refractivity (Wildman–Crippen MR) is 196 cm³/mol. The van der Waals surface area contributed by atoms with Gasteiger partial charge < -0.3 is 135 Å². The third-order valence-corrected chi connectivity index (χ3v) is 11.7. The number of carbonyl (C=O) groups is 2. The summed E-state index contributed by atoms with van der Waals surface area (Å²) in [5, 5.41) is 171. The van der Waals surface area contributed by atoms with Crippen molar-refractivity contribution in [3.05, 3.63) is 0 Å². The first-order valence-corrected chi connectivity index (χ1v) is 20.2. The molecule has 0 aromatic heterocycles. The minimum atomic E-state index is -3.24. The van der Waals surface area contributed by atoms with Crippen molar-refractivity contribution >= 4 is 11.9 Å². The van der Waals surface area contributed by atoms with Crippen LogP contribution in [0.25, 0.3) is 0 Å². The second kappa shape index (κ2) is 21.9. The topological polar surface area (TPSA) is 479 Å². The number of carboxylic acids is 1. The van der Waals surface area contributed by atoms with Crippen LogP contribution in [0.4, 0.5) is 0 Å². The van der Waals surface area contributed by atoms with E-state index in [1.165, 1.54) is 6.92 Å². The zero-order valence-corrected chi connectivity index (χ0v) is 34.2. The summed E-state index contributed by atoms with van der Waals surface area (Å²) in [6.07, 6.45) is -45.5. The minimum Gasteiger partial charge on any atom is -0.477 e. The molecule has 5 saturated heterocycles. The molecule has 64 heavy (non-hydrogen) atoms. The lowest BCUT2D eigenvalue weighted by Gasteiger charge is -2.52. The SMILES string of the molecule is CC(=O)N[C@H]1[C@H]([C@H](O)[C@H](O)CO)O[C@@](O[C@@H]2[C@@H](O)[C@H](O[C@H]3[C@H](O)[C@@H](O)[C@H](O)O[C@@H]3CO)O[C@H](CO)[C@@H]2O[C@@H]2O[C@H](C)[C@H](O)[C@H](O[C@@H]3O[C@H](CO)[C@H](O)[C@H](O)[C@H]3O)[C@H]2N)(C(=O)O)C[C@@H]1O. The van der Waals surface area contributed by atoms with E-state index in [1.54, 1.807) is 0 Å². The molecule has 372 valence electrons. The van der Waals surface area contributed by atoms with Gasteiger partial charge in [-0.3, -0.25) is 4.79 Å². The number of carboxylic acid groups (broad SMARTS) is 1. The number of nitrogens with two attached hydrogens (primary N) is 1. The summed E-state index contributed by atoms with van der Waals surface area (Å²) in [6.45, 7) is -1.80. The summed E-state index contributed by atoms with van der Waals surface area (Å²) in [5.74, 6) is -6.14. The van der Waals surface area contributed by atoms with Crippen molar-refractivity contribution in [2.24, 2.45) is 5.73 Å². The van der Waals surface area contributed by atoms with Gasteiger partial charge in [0, 0.05) is 13.3 Å². The van der Waals surface area contributed by atoms with E-state index in [0.717, 1.165) is 6.92 Å². The van der Waals surface area contributed by atoms with Gasteiger partial charge in [0.2, 0.25) is 5.91 Å². The standard InChI is InChI=1S/C35H60N2O27/c1-8-17(45)27(62-32-23(51)20(48)19(47)12(5-39)58-32)15(36)31(56-8)61-26-14(7-41)59-33(60-25-13(6-40)57-30(53)22(50)21(25)49)24(52)29(26)64-35(34(54)55)3-10(43)16(37-9(2)42)28(63-35)18(46)11(44)4-38/h8,10-33,38-41,43-53H,3-7,36H2,1-2H3,(H,37,42)(H,54,55)/t8-,10+,11-,12-,13-,14-,15-,16-,17+,18-,19+,20+,21-,22-,23-,24-,25-,26+,27-,28-,29-,30-,31+,32+,33+,35+/m1/s1. The van der Waals surface area contributed by atoms with Crippen molar-refractivity contribution in [3.8, 4) is 0 Å². The van der Waals surface area contributed by atoms with Gasteiger partial charge in [-0.2, -0.15) is 0 Å². The normalized spacial score (nSPS) is 48.9. The van der Waals surface area contributed by atoms with Crippen molar-refractivity contribution < 1.29 is 134 Å². The second-order valence-corrected chi connectivity index (χ2v) is 16.2. The Labute approximate surface area is 362 Å². The summed E-state index contributed by atoms with van der Waals surface area (Å²) in [6, 6.07) is -3.37. The monoisotopic (exact) mass is 940 g/mol. The molecule has 0 radical (unpaired) electrons. The fraction of sp³-hybridized carbons (Fsp3) is 0.943. The number of aliphatic hydroxyl groups excluding tert-OH is 15. The van der Waals surface area contributed by atoms with Gasteiger partial charge in [-0.15, -0.1) is 0 Å². The first-order valence-electron chi connectivity index (χ1n) is 20.2. The van der Waals surface area contributed by atoms with Gasteiger partial charge in [0.15, 0.2) is 25.2 Å². The van der Waals surface area contributed by atoms with E-state index in [2.05, 4.69) is 5.32 Å². The van der Waals surface area contributed by atoms with E-state index in [9.17, 15) is 91.3 Å². The van der Waals surface area contributed by atoms with Gasteiger partial charge in [0.1, 0.15) is 104 Å². The maximum Gasteiger partial charge on any atom is 0.364 e. The smallest absolute Gasteiger partial charge is 0.364 e. The summed E-state index contributed by atoms with van der Waals surface area (Å²) in [4.78, 5) is 25.4. The molecule has 29 heteroatoms. The molecule has 0 aliphatic carbocycles. The van der Waals surface area contributed by atoms with E-state index in [4.69, 9.17) is 48.4 Å². The molecule has 5 aliphatic heterocycles. The average molecular weight is 941 g/mol. The minimum absolute atomic E-state index is 0.823. The fourth-order valence-corrected chi connectivity index (χ4v) is 8.13. The number of ether oxygens (including phenoxy) is 9. The molecule has 5 rings (SSSR count). The summed E-state index contributed by atoms with van der Waals surface area (Å²) in [7, 11) is 0. The molecule has 5 aliphatic rings. The third kappa shape index (κ3) is 10.8. The van der Waals surface area contributed by atoms with Gasteiger partial charge in [0.25, 0.3) is 5.79 Å². The van der Waals surface area contributed by atoms with Crippen LogP contribution in [0.3, 0.4) is 0 Å². The zero-order valence-electron chi connectivity index (χ0n) is 34.2. The molecule has 0 bridgehead atoms. The number of hydrogen-bond donors (Lipinski definition) is 18. The lowest BCUT2D eigenvalue weighted by molar-refractivity contribution is -0.401. The van der Waals surface area contributed by atoms with Gasteiger partial charge in [-0.1, -0.05) is 0 Å². The van der Waals surface area contributed by atoms with E-state index >= 15 is 0 Å². The van der Waals surface area contributed by atoms with Crippen LogP contribution in [0.5, 0.6) is 0 Å². The molecule has 29 nitrogen and oxygen atoms in total. The van der Waals surface area contributed by atoms with E-state index in [0.29, 0.717) is 0 Å². The van der Waals surface area contributed by atoms with Crippen molar-refractivity contribution in [3.63, 3.8) is 0 Å². The van der Waals surface area contributed by atoms with Gasteiger partial charge in [-0.25, -0.2) is 4.79 Å². The van der Waals surface area contributed by atoms with Crippen molar-refractivity contribution in [1.29, 1.82) is 0 Å². The largest absolute Gasteiger partial charge is 0.477 e. The Balaban J connectivity index is 1.54. The molecule has 5 heterocycles. The van der Waals surface area contributed by atoms with E-state index in [-0.39, 0.29) is 0 Å². The zero-order chi connectivity index (χ0) is 47.7. The Bertz CT molecular complexity index is 1520. The number of carbonyl (C=O) groups excluding carboxylic acids is 1. The summed E-state index contributed by atoms with van der Waals surface area (Å²) >= 11 is 0. The van der Waals surface area contributed by atoms with Crippen LogP contribution < -0.4 is 11.1 Å². The van der Waals surface area contributed by atoms with Crippen LogP contribution >= 0.6 is 0 Å². The highest BCUT2D eigenvalue weighted by atomic mass is 16.8. The lowest BCUT2D eigenvalue weighted by atomic mass is 9.88. The molecule has 0 aromatic carbocycles. The average Bonchev–Trinajstić information content (AvgIpc) is 3.25. The van der Waals surface area contributed by atoms with Gasteiger partial charge in [-0.05, 0) is 6.92 Å². The van der Waals surface area contributed by atoms with E-state index in [1.807, 2.05) is 0 Å². The number of hydrogen-bond acceptors (Lipinski definition) is 27. The number of amides is 1. The highest BCUT2D eigenvalue weighted by molar-refractivity contribution is 5.76. The Morgan fingerprint density at radius 3 is 1.83 bits per heavy atom. The molecule has 0 aromatic rings. The maximum atomic E-state index is 13.3. The maximum absolute atomic E-state index is 13.3. The Kier molecular flexibility index (Phi) is 18.1. The van der Waals surface area contributed by atoms with Crippen LogP contribution in [0.2, 0.25) is 0 Å². The highest BCUT2D eigenvalue weighted by Gasteiger charge is 2.61. The van der Waals surface area contributed by atoms with Crippen LogP contribution in [0.15, 0.2) is 0 Å².